The number of hydrogen-bond acceptors (Lipinski definition) is 5. The Balaban J connectivity index is 1.46. The van der Waals surface area contributed by atoms with Crippen LogP contribution in [-0.2, 0) is 19.9 Å². The van der Waals surface area contributed by atoms with E-state index >= 15 is 0 Å². The molecule has 0 unspecified atom stereocenters. The van der Waals surface area contributed by atoms with Crippen molar-refractivity contribution in [2.24, 2.45) is 7.05 Å². The second-order valence-corrected chi connectivity index (χ2v) is 7.78. The van der Waals surface area contributed by atoms with Crippen LogP contribution >= 0.6 is 23.1 Å². The number of nitrogens with zero attached hydrogens (tertiary/aromatic N) is 3. The molecule has 0 saturated heterocycles. The first-order chi connectivity index (χ1) is 11.7. The van der Waals surface area contributed by atoms with Gasteiger partial charge in [-0.3, -0.25) is 4.79 Å². The summed E-state index contributed by atoms with van der Waals surface area (Å²) in [4.78, 5) is 13.6. The number of thiophene rings is 1. The van der Waals surface area contributed by atoms with Crippen LogP contribution in [0.4, 0.5) is 0 Å². The van der Waals surface area contributed by atoms with Gasteiger partial charge in [0, 0.05) is 12.6 Å². The molecular weight excluding hydrogens is 338 g/mol. The Morgan fingerprint density at radius 1 is 1.25 bits per heavy atom. The first-order valence-electron chi connectivity index (χ1n) is 7.93. The molecule has 24 heavy (non-hydrogen) atoms. The Labute approximate surface area is 148 Å². The van der Waals surface area contributed by atoms with Crippen LogP contribution < -0.4 is 0 Å². The molecule has 0 radical (unpaired) electrons. The fourth-order valence-electron chi connectivity index (χ4n) is 3.02. The molecular formula is C18H17N3OS2. The van der Waals surface area contributed by atoms with Gasteiger partial charge in [0.25, 0.3) is 0 Å². The van der Waals surface area contributed by atoms with Gasteiger partial charge in [0.2, 0.25) is 0 Å². The van der Waals surface area contributed by atoms with E-state index in [1.165, 1.54) is 29.3 Å². The topological polar surface area (TPSA) is 47.8 Å². The van der Waals surface area contributed by atoms with Crippen LogP contribution in [0.15, 0.2) is 40.9 Å². The van der Waals surface area contributed by atoms with Crippen LogP contribution in [0, 0.1) is 0 Å². The van der Waals surface area contributed by atoms with Gasteiger partial charge in [-0.25, -0.2) is 0 Å². The van der Waals surface area contributed by atoms with Crippen molar-refractivity contribution in [1.29, 1.82) is 0 Å². The molecule has 0 saturated carbocycles. The van der Waals surface area contributed by atoms with E-state index in [0.717, 1.165) is 34.3 Å². The standard InChI is InChI=1S/C18H17N3OS2/c1-21-17(16-6-3-9-23-16)19-20-18(21)24-11-15(22)14-8-7-12-4-2-5-13(12)10-14/h3,6-10H,2,4-5,11H2,1H3. The normalized spacial score (nSPS) is 13.2. The molecule has 0 fully saturated rings. The molecule has 4 rings (SSSR count). The molecule has 0 amide bonds. The molecule has 1 aromatic carbocycles. The summed E-state index contributed by atoms with van der Waals surface area (Å²) in [6.45, 7) is 0. The Morgan fingerprint density at radius 2 is 2.12 bits per heavy atom. The van der Waals surface area contributed by atoms with Crippen molar-refractivity contribution in [2.75, 3.05) is 5.75 Å². The van der Waals surface area contributed by atoms with Crippen molar-refractivity contribution < 1.29 is 4.79 Å². The van der Waals surface area contributed by atoms with E-state index < -0.39 is 0 Å². The van der Waals surface area contributed by atoms with Crippen molar-refractivity contribution in [3.63, 3.8) is 0 Å². The molecule has 1 aliphatic rings. The van der Waals surface area contributed by atoms with Gasteiger partial charge in [-0.15, -0.1) is 21.5 Å². The molecule has 4 nitrogen and oxygen atoms in total. The van der Waals surface area contributed by atoms with E-state index in [0.29, 0.717) is 5.75 Å². The number of ketones is 1. The minimum Gasteiger partial charge on any atom is -0.304 e. The maximum absolute atomic E-state index is 12.5. The monoisotopic (exact) mass is 355 g/mol. The van der Waals surface area contributed by atoms with E-state index in [4.69, 9.17) is 0 Å². The van der Waals surface area contributed by atoms with Gasteiger partial charge in [-0.2, -0.15) is 0 Å². The molecule has 2 aromatic heterocycles. The number of fused-ring (bicyclic) bond motifs is 1. The van der Waals surface area contributed by atoms with Crippen LogP contribution in [-0.4, -0.2) is 26.3 Å². The SMILES string of the molecule is Cn1c(SCC(=O)c2ccc3c(c2)CCC3)nnc1-c1cccs1. The minimum absolute atomic E-state index is 0.148. The van der Waals surface area contributed by atoms with E-state index in [2.05, 4.69) is 22.3 Å². The quantitative estimate of drug-likeness (QED) is 0.512. The number of Topliss-reactive ketones (excluding diaryl/α,β-unsaturated/α-hetero) is 1. The number of aromatic nitrogens is 3. The van der Waals surface area contributed by atoms with Crippen molar-refractivity contribution in [1.82, 2.24) is 14.8 Å². The third-order valence-corrected chi connectivity index (χ3v) is 6.22. The van der Waals surface area contributed by atoms with Crippen LogP contribution in [0.2, 0.25) is 0 Å². The number of rotatable bonds is 5. The Morgan fingerprint density at radius 3 is 2.96 bits per heavy atom. The van der Waals surface area contributed by atoms with Crippen molar-refractivity contribution in [3.8, 4) is 10.7 Å². The smallest absolute Gasteiger partial charge is 0.191 e. The predicted octanol–water partition coefficient (Wildman–Crippen LogP) is 4.01. The van der Waals surface area contributed by atoms with Crippen LogP contribution in [0.1, 0.15) is 27.9 Å². The highest BCUT2D eigenvalue weighted by molar-refractivity contribution is 7.99. The van der Waals surface area contributed by atoms with E-state index in [-0.39, 0.29) is 5.78 Å². The average molecular weight is 355 g/mol. The zero-order chi connectivity index (χ0) is 16.5. The summed E-state index contributed by atoms with van der Waals surface area (Å²) in [5.41, 5.74) is 3.54. The average Bonchev–Trinajstić information content (AvgIpc) is 3.32. The number of carbonyl (C=O) groups is 1. The first-order valence-corrected chi connectivity index (χ1v) is 9.80. The lowest BCUT2D eigenvalue weighted by Crippen LogP contribution is -2.04. The number of aryl methyl sites for hydroxylation is 2. The molecule has 0 aliphatic heterocycles. The summed E-state index contributed by atoms with van der Waals surface area (Å²) >= 11 is 3.08. The fraction of sp³-hybridized carbons (Fsp3) is 0.278. The first kappa shape index (κ1) is 15.6. The zero-order valence-corrected chi connectivity index (χ0v) is 15.0. The second-order valence-electron chi connectivity index (χ2n) is 5.89. The van der Waals surface area contributed by atoms with E-state index in [1.807, 2.05) is 35.2 Å². The summed E-state index contributed by atoms with van der Waals surface area (Å²) in [5, 5.41) is 11.3. The maximum Gasteiger partial charge on any atom is 0.191 e. The van der Waals surface area contributed by atoms with Crippen LogP contribution in [0.25, 0.3) is 10.7 Å². The van der Waals surface area contributed by atoms with Crippen LogP contribution in [0.5, 0.6) is 0 Å². The highest BCUT2D eigenvalue weighted by Crippen LogP contribution is 2.27. The predicted molar refractivity (Wildman–Crippen MR) is 97.8 cm³/mol. The number of carbonyl (C=O) groups excluding carboxylic acids is 1. The van der Waals surface area contributed by atoms with Crippen molar-refractivity contribution >= 4 is 28.9 Å². The highest BCUT2D eigenvalue weighted by Gasteiger charge is 2.16. The molecule has 1 aliphatic carbocycles. The lowest BCUT2D eigenvalue weighted by molar-refractivity contribution is 0.102. The summed E-state index contributed by atoms with van der Waals surface area (Å²) in [7, 11) is 1.94. The second kappa shape index (κ2) is 6.53. The zero-order valence-electron chi connectivity index (χ0n) is 13.4. The molecule has 6 heteroatoms. The van der Waals surface area contributed by atoms with Gasteiger partial charge in [0.1, 0.15) is 0 Å². The summed E-state index contributed by atoms with van der Waals surface area (Å²) in [6.07, 6.45) is 3.44. The van der Waals surface area contributed by atoms with E-state index in [9.17, 15) is 4.79 Å². The van der Waals surface area contributed by atoms with Gasteiger partial charge in [-0.05, 0) is 47.9 Å². The highest BCUT2D eigenvalue weighted by atomic mass is 32.2. The third-order valence-electron chi connectivity index (χ3n) is 4.33. The third kappa shape index (κ3) is 2.91. The minimum atomic E-state index is 0.148. The van der Waals surface area contributed by atoms with Gasteiger partial charge in [0.05, 0.1) is 10.6 Å². The van der Waals surface area contributed by atoms with Gasteiger partial charge < -0.3 is 4.57 Å². The molecule has 2 heterocycles. The molecule has 122 valence electrons. The lowest BCUT2D eigenvalue weighted by atomic mass is 10.0. The Bertz CT molecular complexity index is 884. The number of thioether (sulfide) groups is 1. The van der Waals surface area contributed by atoms with Gasteiger partial charge in [0.15, 0.2) is 16.8 Å². The summed E-state index contributed by atoms with van der Waals surface area (Å²) in [5.74, 6) is 1.38. The number of benzene rings is 1. The summed E-state index contributed by atoms with van der Waals surface area (Å²) < 4.78 is 1.95. The molecule has 0 N–H and O–H groups in total. The lowest BCUT2D eigenvalue weighted by Gasteiger charge is -2.05. The van der Waals surface area contributed by atoms with E-state index in [1.54, 1.807) is 11.3 Å². The van der Waals surface area contributed by atoms with Crippen LogP contribution in [0.3, 0.4) is 0 Å². The molecule has 0 bridgehead atoms. The van der Waals surface area contributed by atoms with Crippen molar-refractivity contribution in [3.05, 3.63) is 52.4 Å². The summed E-state index contributed by atoms with van der Waals surface area (Å²) in [6, 6.07) is 10.2. The van der Waals surface area contributed by atoms with Crippen molar-refractivity contribution in [2.45, 2.75) is 24.4 Å². The molecule has 0 atom stereocenters. The maximum atomic E-state index is 12.5. The Kier molecular flexibility index (Phi) is 4.24. The largest absolute Gasteiger partial charge is 0.304 e. The van der Waals surface area contributed by atoms with Gasteiger partial charge in [-0.1, -0.05) is 30.0 Å². The molecule has 0 spiro atoms. The Hall–Kier alpha value is -1.92. The van der Waals surface area contributed by atoms with Gasteiger partial charge >= 0.3 is 0 Å². The fourth-order valence-corrected chi connectivity index (χ4v) is 4.57. The molecule has 3 aromatic rings. The number of hydrogen-bond donors (Lipinski definition) is 0.